The number of ether oxygens (including phenoxy) is 1. The third-order valence-electron chi connectivity index (χ3n) is 2.85. The maximum atomic E-state index is 5.73. The zero-order chi connectivity index (χ0) is 15.1. The van der Waals surface area contributed by atoms with Crippen LogP contribution in [0.5, 0.6) is 5.75 Å². The fourth-order valence-electron chi connectivity index (χ4n) is 1.74. The molecule has 0 atom stereocenters. The Morgan fingerprint density at radius 2 is 1.81 bits per heavy atom. The van der Waals surface area contributed by atoms with E-state index in [1.807, 2.05) is 61.5 Å². The van der Waals surface area contributed by atoms with Gasteiger partial charge in [0.2, 0.25) is 0 Å². The first-order valence-corrected chi connectivity index (χ1v) is 6.93. The van der Waals surface area contributed by atoms with Crippen LogP contribution in [-0.2, 0) is 6.61 Å². The molecule has 0 aliphatic rings. The van der Waals surface area contributed by atoms with Crippen molar-refractivity contribution >= 4 is 23.0 Å². The molecule has 0 aliphatic carbocycles. The number of thiocarbonyl (C=S) groups is 1. The van der Waals surface area contributed by atoms with Crippen LogP contribution in [0.2, 0.25) is 0 Å². The van der Waals surface area contributed by atoms with Crippen LogP contribution < -0.4 is 15.9 Å². The molecule has 2 aromatic rings. The lowest BCUT2D eigenvalue weighted by Crippen LogP contribution is -2.25. The van der Waals surface area contributed by atoms with Gasteiger partial charge >= 0.3 is 0 Å². The van der Waals surface area contributed by atoms with Crippen molar-refractivity contribution in [3.63, 3.8) is 0 Å². The highest BCUT2D eigenvalue weighted by atomic mass is 32.1. The molecule has 0 aromatic heterocycles. The van der Waals surface area contributed by atoms with Crippen LogP contribution in [0.15, 0.2) is 59.7 Å². The van der Waals surface area contributed by atoms with Crippen molar-refractivity contribution in [3.8, 4) is 5.75 Å². The second-order valence-electron chi connectivity index (χ2n) is 4.47. The van der Waals surface area contributed by atoms with Gasteiger partial charge in [-0.1, -0.05) is 30.3 Å². The standard InChI is InChI=1S/C16H17N3OS/c1-12(18-19-16(17)21)14-7-9-15(10-8-14)20-11-13-5-3-2-4-6-13/h2-10H,11H2,1H3,(H3,17,19,21)/b18-12-. The highest BCUT2D eigenvalue weighted by molar-refractivity contribution is 7.80. The van der Waals surface area contributed by atoms with E-state index in [9.17, 15) is 0 Å². The Kier molecular flexibility index (Phi) is 5.29. The number of hydrogen-bond acceptors (Lipinski definition) is 3. The van der Waals surface area contributed by atoms with Crippen LogP contribution in [0.1, 0.15) is 18.1 Å². The number of rotatable bonds is 5. The van der Waals surface area contributed by atoms with E-state index in [1.165, 1.54) is 0 Å². The van der Waals surface area contributed by atoms with Crippen LogP contribution in [0.4, 0.5) is 0 Å². The fourth-order valence-corrected chi connectivity index (χ4v) is 1.78. The summed E-state index contributed by atoms with van der Waals surface area (Å²) in [5.74, 6) is 0.817. The molecule has 0 fully saturated rings. The highest BCUT2D eigenvalue weighted by Crippen LogP contribution is 2.14. The molecule has 0 unspecified atom stereocenters. The molecule has 0 saturated heterocycles. The largest absolute Gasteiger partial charge is 0.489 e. The average molecular weight is 299 g/mol. The topological polar surface area (TPSA) is 59.6 Å². The van der Waals surface area contributed by atoms with Crippen LogP contribution in [0, 0.1) is 0 Å². The maximum Gasteiger partial charge on any atom is 0.184 e. The lowest BCUT2D eigenvalue weighted by atomic mass is 10.1. The third kappa shape index (κ3) is 4.89. The Bertz CT molecular complexity index is 624. The van der Waals surface area contributed by atoms with Crippen molar-refractivity contribution < 1.29 is 4.74 Å². The molecule has 0 spiro atoms. The Balaban J connectivity index is 1.96. The maximum absolute atomic E-state index is 5.73. The Labute approximate surface area is 129 Å². The predicted octanol–water partition coefficient (Wildman–Crippen LogP) is 2.82. The van der Waals surface area contributed by atoms with Crippen molar-refractivity contribution in [3.05, 3.63) is 65.7 Å². The molecule has 4 nitrogen and oxygen atoms in total. The molecule has 0 aliphatic heterocycles. The minimum absolute atomic E-state index is 0.150. The molecule has 0 saturated carbocycles. The van der Waals surface area contributed by atoms with Crippen molar-refractivity contribution in [1.29, 1.82) is 0 Å². The van der Waals surface area contributed by atoms with Gasteiger partial charge in [-0.05, 0) is 54.5 Å². The van der Waals surface area contributed by atoms with Crippen molar-refractivity contribution in [2.45, 2.75) is 13.5 Å². The lowest BCUT2D eigenvalue weighted by molar-refractivity contribution is 0.306. The summed E-state index contributed by atoms with van der Waals surface area (Å²) in [6, 6.07) is 17.8. The van der Waals surface area contributed by atoms with E-state index >= 15 is 0 Å². The first kappa shape index (κ1) is 15.0. The Morgan fingerprint density at radius 1 is 1.14 bits per heavy atom. The van der Waals surface area contributed by atoms with E-state index in [0.717, 1.165) is 22.6 Å². The van der Waals surface area contributed by atoms with E-state index in [4.69, 9.17) is 22.7 Å². The molecule has 0 heterocycles. The first-order chi connectivity index (χ1) is 10.1. The first-order valence-electron chi connectivity index (χ1n) is 6.52. The van der Waals surface area contributed by atoms with Crippen molar-refractivity contribution in [1.82, 2.24) is 5.43 Å². The SMILES string of the molecule is C/C(=N/NC(N)=S)c1ccc(OCc2ccccc2)cc1. The summed E-state index contributed by atoms with van der Waals surface area (Å²) in [6.07, 6.45) is 0. The van der Waals surface area contributed by atoms with Gasteiger partial charge in [-0.2, -0.15) is 5.10 Å². The summed E-state index contributed by atoms with van der Waals surface area (Å²) in [5.41, 5.74) is 10.8. The Morgan fingerprint density at radius 3 is 2.43 bits per heavy atom. The van der Waals surface area contributed by atoms with Gasteiger partial charge in [0.1, 0.15) is 12.4 Å². The van der Waals surface area contributed by atoms with Gasteiger partial charge in [0, 0.05) is 0 Å². The van der Waals surface area contributed by atoms with Gasteiger partial charge < -0.3 is 10.5 Å². The molecule has 5 heteroatoms. The van der Waals surface area contributed by atoms with E-state index in [0.29, 0.717) is 6.61 Å². The monoisotopic (exact) mass is 299 g/mol. The number of nitrogens with one attached hydrogen (secondary N) is 1. The quantitative estimate of drug-likeness (QED) is 0.506. The zero-order valence-corrected chi connectivity index (χ0v) is 12.6. The van der Waals surface area contributed by atoms with E-state index in [-0.39, 0.29) is 5.11 Å². The van der Waals surface area contributed by atoms with Gasteiger partial charge in [-0.25, -0.2) is 0 Å². The summed E-state index contributed by atoms with van der Waals surface area (Å²) in [7, 11) is 0. The number of benzene rings is 2. The number of hydrogen-bond donors (Lipinski definition) is 2. The summed E-state index contributed by atoms with van der Waals surface area (Å²) in [6.45, 7) is 2.43. The van der Waals surface area contributed by atoms with E-state index in [2.05, 4.69) is 10.5 Å². The highest BCUT2D eigenvalue weighted by Gasteiger charge is 2.00. The summed E-state index contributed by atoms with van der Waals surface area (Å²) in [5, 5.41) is 4.23. The number of hydrazone groups is 1. The molecular weight excluding hydrogens is 282 g/mol. The minimum atomic E-state index is 0.150. The summed E-state index contributed by atoms with van der Waals surface area (Å²) >= 11 is 4.71. The van der Waals surface area contributed by atoms with Crippen LogP contribution >= 0.6 is 12.2 Å². The predicted molar refractivity (Wildman–Crippen MR) is 89.3 cm³/mol. The fraction of sp³-hybridized carbons (Fsp3) is 0.125. The molecule has 108 valence electrons. The smallest absolute Gasteiger partial charge is 0.184 e. The summed E-state index contributed by atoms with van der Waals surface area (Å²) < 4.78 is 5.73. The van der Waals surface area contributed by atoms with Crippen LogP contribution in [0.3, 0.4) is 0 Å². The molecule has 0 amide bonds. The second-order valence-corrected chi connectivity index (χ2v) is 4.91. The van der Waals surface area contributed by atoms with Gasteiger partial charge in [-0.3, -0.25) is 5.43 Å². The molecule has 2 aromatic carbocycles. The Hall–Kier alpha value is -2.40. The molecule has 21 heavy (non-hydrogen) atoms. The molecule has 2 rings (SSSR count). The van der Waals surface area contributed by atoms with Gasteiger partial charge in [0.15, 0.2) is 5.11 Å². The van der Waals surface area contributed by atoms with E-state index < -0.39 is 0 Å². The molecule has 0 bridgehead atoms. The van der Waals surface area contributed by atoms with Crippen molar-refractivity contribution in [2.75, 3.05) is 0 Å². The normalized spacial score (nSPS) is 11.0. The molecule has 0 radical (unpaired) electrons. The van der Waals surface area contributed by atoms with Crippen molar-refractivity contribution in [2.24, 2.45) is 10.8 Å². The van der Waals surface area contributed by atoms with Gasteiger partial charge in [-0.15, -0.1) is 0 Å². The van der Waals surface area contributed by atoms with Crippen LogP contribution in [-0.4, -0.2) is 10.8 Å². The second kappa shape index (κ2) is 7.40. The average Bonchev–Trinajstić information content (AvgIpc) is 2.52. The van der Waals surface area contributed by atoms with Crippen LogP contribution in [0.25, 0.3) is 0 Å². The molecule has 3 N–H and O–H groups in total. The lowest BCUT2D eigenvalue weighted by Gasteiger charge is -2.07. The minimum Gasteiger partial charge on any atom is -0.489 e. The number of nitrogens with zero attached hydrogens (tertiary/aromatic N) is 1. The zero-order valence-electron chi connectivity index (χ0n) is 11.7. The number of nitrogens with two attached hydrogens (primary N) is 1. The van der Waals surface area contributed by atoms with Gasteiger partial charge in [0.25, 0.3) is 0 Å². The van der Waals surface area contributed by atoms with Gasteiger partial charge in [0.05, 0.1) is 5.71 Å². The molecular formula is C16H17N3OS. The van der Waals surface area contributed by atoms with E-state index in [1.54, 1.807) is 0 Å². The third-order valence-corrected chi connectivity index (χ3v) is 2.95. The summed E-state index contributed by atoms with van der Waals surface area (Å²) in [4.78, 5) is 0.